The van der Waals surface area contributed by atoms with Crippen molar-refractivity contribution in [2.45, 2.75) is 17.5 Å². The van der Waals surface area contributed by atoms with Crippen LogP contribution in [0.25, 0.3) is 5.70 Å². The Balaban J connectivity index is 1.53. The number of amides is 1. The summed E-state index contributed by atoms with van der Waals surface area (Å²) in [6.07, 6.45) is 6.29. The van der Waals surface area contributed by atoms with E-state index in [1.54, 1.807) is 11.8 Å². The van der Waals surface area contributed by atoms with Gasteiger partial charge in [0.1, 0.15) is 6.17 Å². The number of fused-ring (bicyclic) bond motifs is 2. The Hall–Kier alpha value is -3.03. The van der Waals surface area contributed by atoms with Crippen LogP contribution in [0.2, 0.25) is 5.02 Å². The molecular weight excluding hydrogens is 434 g/mol. The van der Waals surface area contributed by atoms with E-state index in [2.05, 4.69) is 16.3 Å². The van der Waals surface area contributed by atoms with Gasteiger partial charge in [-0.2, -0.15) is 0 Å². The van der Waals surface area contributed by atoms with Crippen molar-refractivity contribution in [1.82, 2.24) is 10.2 Å². The number of rotatable bonds is 6. The number of nitrogens with one attached hydrogen (secondary N) is 1. The van der Waals surface area contributed by atoms with Crippen molar-refractivity contribution in [3.05, 3.63) is 81.9 Å². The van der Waals surface area contributed by atoms with Crippen molar-refractivity contribution in [3.63, 3.8) is 0 Å². The molecule has 158 valence electrons. The molecule has 1 amide bonds. The number of nitrogens with two attached hydrogens (primary N) is 1. The molecule has 31 heavy (non-hydrogen) atoms. The van der Waals surface area contributed by atoms with Crippen LogP contribution in [0.3, 0.4) is 0 Å². The van der Waals surface area contributed by atoms with Crippen LogP contribution in [-0.2, 0) is 4.79 Å². The smallest absolute Gasteiger partial charge is 0.231 e. The van der Waals surface area contributed by atoms with E-state index in [1.165, 1.54) is 0 Å². The first-order valence-corrected chi connectivity index (χ1v) is 11.0. The van der Waals surface area contributed by atoms with Gasteiger partial charge in [0.15, 0.2) is 11.5 Å². The summed E-state index contributed by atoms with van der Waals surface area (Å²) in [5, 5.41) is 4.35. The Bertz CT molecular complexity index is 1130. The summed E-state index contributed by atoms with van der Waals surface area (Å²) in [4.78, 5) is 15.6. The fraction of sp³-hybridized carbons (Fsp3) is 0.174. The van der Waals surface area contributed by atoms with E-state index in [9.17, 15) is 4.79 Å². The molecule has 3 aliphatic rings. The lowest BCUT2D eigenvalue weighted by molar-refractivity contribution is -0.118. The molecule has 0 radical (unpaired) electrons. The fourth-order valence-electron chi connectivity index (χ4n) is 3.76. The third-order valence-electron chi connectivity index (χ3n) is 5.26. The zero-order valence-corrected chi connectivity index (χ0v) is 18.1. The van der Waals surface area contributed by atoms with E-state index in [4.69, 9.17) is 26.8 Å². The summed E-state index contributed by atoms with van der Waals surface area (Å²) in [5.41, 5.74) is 8.53. The second kappa shape index (κ2) is 8.24. The maximum Gasteiger partial charge on any atom is 0.231 e. The largest absolute Gasteiger partial charge is 0.454 e. The minimum Gasteiger partial charge on any atom is -0.454 e. The number of hydrogen-bond donors (Lipinski definition) is 2. The van der Waals surface area contributed by atoms with Crippen molar-refractivity contribution < 1.29 is 14.3 Å². The predicted octanol–water partition coefficient (Wildman–Crippen LogP) is 4.09. The summed E-state index contributed by atoms with van der Waals surface area (Å²) in [7, 11) is 0. The molecular formula is C23H20ClN3O3S. The van der Waals surface area contributed by atoms with Crippen molar-refractivity contribution in [2.24, 2.45) is 5.73 Å². The molecule has 5 rings (SSSR count). The monoisotopic (exact) mass is 453 g/mol. The first kappa shape index (κ1) is 19.9. The maximum atomic E-state index is 11.3. The zero-order chi connectivity index (χ0) is 21.4. The van der Waals surface area contributed by atoms with Crippen LogP contribution < -0.4 is 20.5 Å². The van der Waals surface area contributed by atoms with E-state index in [-0.39, 0.29) is 25.3 Å². The third kappa shape index (κ3) is 3.98. The number of carbonyl (C=O) groups excluding carboxylic acids is 1. The van der Waals surface area contributed by atoms with E-state index in [1.807, 2.05) is 54.7 Å². The number of thioether (sulfide) groups is 1. The average molecular weight is 454 g/mol. The zero-order valence-electron chi connectivity index (χ0n) is 16.5. The lowest BCUT2D eigenvalue weighted by Crippen LogP contribution is -2.42. The lowest BCUT2D eigenvalue weighted by atomic mass is 10.1. The van der Waals surface area contributed by atoms with Crippen molar-refractivity contribution in [3.8, 4) is 11.5 Å². The van der Waals surface area contributed by atoms with Gasteiger partial charge in [-0.15, -0.1) is 0 Å². The molecule has 2 aromatic carbocycles. The Morgan fingerprint density at radius 3 is 2.81 bits per heavy atom. The van der Waals surface area contributed by atoms with Crippen molar-refractivity contribution in [1.29, 1.82) is 0 Å². The Kier molecular flexibility index (Phi) is 5.29. The highest BCUT2D eigenvalue weighted by molar-refractivity contribution is 8.03. The summed E-state index contributed by atoms with van der Waals surface area (Å²) < 4.78 is 11.1. The molecule has 0 saturated carbocycles. The number of allylic oxidation sites excluding steroid dienone is 2. The number of carbonyl (C=O) groups is 1. The maximum absolute atomic E-state index is 11.3. The topological polar surface area (TPSA) is 76.8 Å². The van der Waals surface area contributed by atoms with Gasteiger partial charge in [-0.25, -0.2) is 0 Å². The number of nitrogens with zero attached hydrogens (tertiary/aromatic N) is 1. The van der Waals surface area contributed by atoms with E-state index < -0.39 is 0 Å². The van der Waals surface area contributed by atoms with Gasteiger partial charge in [0.2, 0.25) is 12.7 Å². The molecule has 2 aromatic rings. The molecule has 8 heteroatoms. The molecule has 0 spiro atoms. The summed E-state index contributed by atoms with van der Waals surface area (Å²) in [6.45, 7) is 0.768. The molecule has 1 atom stereocenters. The number of benzene rings is 2. The highest BCUT2D eigenvalue weighted by atomic mass is 35.5. The van der Waals surface area contributed by atoms with E-state index in [0.29, 0.717) is 11.6 Å². The Morgan fingerprint density at radius 1 is 1.19 bits per heavy atom. The van der Waals surface area contributed by atoms with Crippen molar-refractivity contribution in [2.75, 3.05) is 13.3 Å². The standard InChI is InChI=1S/C23H20ClN3O3S/c24-15-4-6-16(7-5-15)31-22-17-2-1-10-27(11-9-20(25)28)23(17)26-21(22)14-3-8-18-19(12-14)30-13-29-18/h1-8,10,12,23,26H,9,11,13H2,(H2,25,28). The van der Waals surface area contributed by atoms with Gasteiger partial charge in [0.25, 0.3) is 0 Å². The van der Waals surface area contributed by atoms with Crippen LogP contribution in [0.1, 0.15) is 12.0 Å². The molecule has 0 bridgehead atoms. The highest BCUT2D eigenvalue weighted by Crippen LogP contribution is 2.45. The van der Waals surface area contributed by atoms with Gasteiger partial charge in [-0.05, 0) is 48.5 Å². The van der Waals surface area contributed by atoms with Gasteiger partial charge in [-0.3, -0.25) is 4.79 Å². The number of halogens is 1. The van der Waals surface area contributed by atoms with Crippen LogP contribution in [0.15, 0.2) is 76.2 Å². The summed E-state index contributed by atoms with van der Waals surface area (Å²) in [6, 6.07) is 13.7. The minimum absolute atomic E-state index is 0.0837. The molecule has 3 heterocycles. The fourth-order valence-corrected chi connectivity index (χ4v) is 4.97. The molecule has 0 saturated heterocycles. The van der Waals surface area contributed by atoms with Gasteiger partial charge in [-0.1, -0.05) is 29.4 Å². The molecule has 3 N–H and O–H groups in total. The van der Waals surface area contributed by atoms with Crippen LogP contribution in [-0.4, -0.2) is 30.3 Å². The van der Waals surface area contributed by atoms with E-state index >= 15 is 0 Å². The second-order valence-corrected chi connectivity index (χ2v) is 8.81. The first-order chi connectivity index (χ1) is 15.1. The first-order valence-electron chi connectivity index (χ1n) is 9.85. The van der Waals surface area contributed by atoms with Crippen molar-refractivity contribution >= 4 is 35.0 Å². The number of ether oxygens (including phenoxy) is 2. The summed E-state index contributed by atoms with van der Waals surface area (Å²) in [5.74, 6) is 1.16. The van der Waals surface area contributed by atoms with Crippen LogP contribution in [0.4, 0.5) is 0 Å². The van der Waals surface area contributed by atoms with E-state index in [0.717, 1.165) is 38.1 Å². The molecule has 0 aliphatic carbocycles. The normalized spacial score (nSPS) is 18.7. The molecule has 3 aliphatic heterocycles. The van der Waals surface area contributed by atoms with Gasteiger partial charge in [0.05, 0.1) is 5.70 Å². The van der Waals surface area contributed by atoms with Gasteiger partial charge >= 0.3 is 0 Å². The van der Waals surface area contributed by atoms with Crippen LogP contribution in [0.5, 0.6) is 11.5 Å². The number of hydrogen-bond acceptors (Lipinski definition) is 6. The molecule has 0 aromatic heterocycles. The predicted molar refractivity (Wildman–Crippen MR) is 121 cm³/mol. The highest BCUT2D eigenvalue weighted by Gasteiger charge is 2.35. The molecule has 0 fully saturated rings. The second-order valence-electron chi connectivity index (χ2n) is 7.29. The van der Waals surface area contributed by atoms with Gasteiger partial charge < -0.3 is 25.4 Å². The number of primary amides is 1. The molecule has 1 unspecified atom stereocenters. The van der Waals surface area contributed by atoms with Crippen LogP contribution >= 0.6 is 23.4 Å². The molecule has 6 nitrogen and oxygen atoms in total. The summed E-state index contributed by atoms with van der Waals surface area (Å²) >= 11 is 7.75. The Morgan fingerprint density at radius 2 is 2.00 bits per heavy atom. The Labute approximate surface area is 189 Å². The third-order valence-corrected chi connectivity index (χ3v) is 6.66. The minimum atomic E-state index is -0.317. The quantitative estimate of drug-likeness (QED) is 0.686. The van der Waals surface area contributed by atoms with Gasteiger partial charge in [0, 0.05) is 45.1 Å². The van der Waals surface area contributed by atoms with Crippen LogP contribution in [0, 0.1) is 0 Å². The average Bonchev–Trinajstić information content (AvgIpc) is 3.38. The lowest BCUT2D eigenvalue weighted by Gasteiger charge is -2.31. The SMILES string of the molecule is NC(=O)CCN1C=CC=C2C(Sc3ccc(Cl)cc3)=C(c3ccc4c(c3)OCO4)NC21.